The molecule has 92 valence electrons. The van der Waals surface area contributed by atoms with Crippen molar-refractivity contribution in [3.8, 4) is 0 Å². The Morgan fingerprint density at radius 3 is 2.71 bits per heavy atom. The summed E-state index contributed by atoms with van der Waals surface area (Å²) in [6.07, 6.45) is 5.01. The van der Waals surface area contributed by atoms with E-state index in [-0.39, 0.29) is 5.82 Å². The minimum atomic E-state index is -0.176. The first kappa shape index (κ1) is 11.5. The predicted octanol–water partition coefficient (Wildman–Crippen LogP) is 3.72. The minimum Gasteiger partial charge on any atom is -0.314 e. The van der Waals surface area contributed by atoms with E-state index < -0.39 is 0 Å². The van der Waals surface area contributed by atoms with Crippen molar-refractivity contribution in [2.75, 3.05) is 6.54 Å². The highest BCUT2D eigenvalue weighted by Crippen LogP contribution is 2.45. The van der Waals surface area contributed by atoms with E-state index in [1.165, 1.54) is 25.3 Å². The van der Waals surface area contributed by atoms with E-state index >= 15 is 0 Å². The molecule has 0 spiro atoms. The zero-order chi connectivity index (χ0) is 11.8. The molecule has 2 aliphatic carbocycles. The van der Waals surface area contributed by atoms with Gasteiger partial charge in [-0.3, -0.25) is 0 Å². The normalized spacial score (nSPS) is 27.9. The fourth-order valence-corrected chi connectivity index (χ4v) is 2.88. The predicted molar refractivity (Wildman–Crippen MR) is 67.9 cm³/mol. The molecule has 0 radical (unpaired) electrons. The first-order valence-electron chi connectivity index (χ1n) is 6.42. The van der Waals surface area contributed by atoms with Crippen molar-refractivity contribution >= 4 is 11.6 Å². The van der Waals surface area contributed by atoms with Gasteiger partial charge in [0, 0.05) is 11.1 Å². The van der Waals surface area contributed by atoms with Crippen LogP contribution < -0.4 is 5.32 Å². The second kappa shape index (κ2) is 4.58. The van der Waals surface area contributed by atoms with Crippen LogP contribution in [0, 0.1) is 11.7 Å². The molecule has 0 aliphatic heterocycles. The lowest BCUT2D eigenvalue weighted by Crippen LogP contribution is -2.34. The topological polar surface area (TPSA) is 12.0 Å². The van der Waals surface area contributed by atoms with E-state index in [4.69, 9.17) is 11.6 Å². The molecule has 2 unspecified atom stereocenters. The van der Waals surface area contributed by atoms with Crippen LogP contribution in [0.15, 0.2) is 18.2 Å². The maximum atomic E-state index is 13.2. The summed E-state index contributed by atoms with van der Waals surface area (Å²) in [5, 5.41) is 4.27. The molecule has 17 heavy (non-hydrogen) atoms. The van der Waals surface area contributed by atoms with Crippen LogP contribution in [0.5, 0.6) is 0 Å². The highest BCUT2D eigenvalue weighted by Gasteiger charge is 2.34. The Balaban J connectivity index is 1.67. The van der Waals surface area contributed by atoms with Crippen LogP contribution in [-0.4, -0.2) is 12.6 Å². The Morgan fingerprint density at radius 1 is 1.24 bits per heavy atom. The third kappa shape index (κ3) is 2.48. The Bertz CT molecular complexity index is 417. The lowest BCUT2D eigenvalue weighted by Gasteiger charge is -2.37. The molecular weight excluding hydrogens is 237 g/mol. The Hall–Kier alpha value is -0.600. The van der Waals surface area contributed by atoms with Gasteiger partial charge in [-0.05, 0) is 67.8 Å². The Labute approximate surface area is 106 Å². The lowest BCUT2D eigenvalue weighted by molar-refractivity contribution is 0.245. The lowest BCUT2D eigenvalue weighted by atomic mass is 9.70. The zero-order valence-corrected chi connectivity index (χ0v) is 10.5. The van der Waals surface area contributed by atoms with Gasteiger partial charge in [-0.15, -0.1) is 0 Å². The van der Waals surface area contributed by atoms with E-state index in [2.05, 4.69) is 5.32 Å². The summed E-state index contributed by atoms with van der Waals surface area (Å²) in [4.78, 5) is 0. The third-order valence-corrected chi connectivity index (χ3v) is 4.37. The molecular formula is C14H17ClFN. The summed E-state index contributed by atoms with van der Waals surface area (Å²) in [7, 11) is 0. The molecule has 0 heterocycles. The molecule has 2 saturated carbocycles. The highest BCUT2D eigenvalue weighted by atomic mass is 35.5. The van der Waals surface area contributed by atoms with Gasteiger partial charge in [0.2, 0.25) is 0 Å². The van der Waals surface area contributed by atoms with Gasteiger partial charge in [0.05, 0.1) is 0 Å². The molecule has 1 aromatic carbocycles. The summed E-state index contributed by atoms with van der Waals surface area (Å²) in [5.74, 6) is 0.907. The zero-order valence-electron chi connectivity index (χ0n) is 9.76. The van der Waals surface area contributed by atoms with Gasteiger partial charge in [0.1, 0.15) is 5.82 Å². The molecule has 0 amide bonds. The van der Waals surface area contributed by atoms with Crippen LogP contribution >= 0.6 is 11.6 Å². The van der Waals surface area contributed by atoms with Gasteiger partial charge in [0.15, 0.2) is 0 Å². The van der Waals surface area contributed by atoms with Crippen molar-refractivity contribution in [3.63, 3.8) is 0 Å². The molecule has 3 heteroatoms. The molecule has 0 saturated heterocycles. The number of benzene rings is 1. The summed E-state index contributed by atoms with van der Waals surface area (Å²) in [5.41, 5.74) is 1.00. The van der Waals surface area contributed by atoms with Crippen LogP contribution in [-0.2, 0) is 0 Å². The standard InChI is InChI=1S/C14H17ClFN/c15-14-6-2-10(16)7-13(14)12-5-1-9(12)8-17-11-3-4-11/h2,6-7,9,11-12,17H,1,3-5,8H2. The smallest absolute Gasteiger partial charge is 0.123 e. The van der Waals surface area contributed by atoms with Gasteiger partial charge in [0.25, 0.3) is 0 Å². The molecule has 1 nitrogen and oxygen atoms in total. The molecule has 1 aromatic rings. The fraction of sp³-hybridized carbons (Fsp3) is 0.571. The molecule has 3 rings (SSSR count). The number of hydrogen-bond donors (Lipinski definition) is 1. The third-order valence-electron chi connectivity index (χ3n) is 4.02. The first-order chi connectivity index (χ1) is 8.24. The van der Waals surface area contributed by atoms with Gasteiger partial charge in [-0.25, -0.2) is 4.39 Å². The number of hydrogen-bond acceptors (Lipinski definition) is 1. The largest absolute Gasteiger partial charge is 0.314 e. The van der Waals surface area contributed by atoms with E-state index in [9.17, 15) is 4.39 Å². The minimum absolute atomic E-state index is 0.176. The average Bonchev–Trinajstić information content (AvgIpc) is 3.06. The van der Waals surface area contributed by atoms with Crippen molar-refractivity contribution in [2.24, 2.45) is 5.92 Å². The van der Waals surface area contributed by atoms with Crippen LogP contribution in [0.2, 0.25) is 5.02 Å². The number of halogens is 2. The van der Waals surface area contributed by atoms with Gasteiger partial charge in [-0.2, -0.15) is 0 Å². The van der Waals surface area contributed by atoms with Gasteiger partial charge >= 0.3 is 0 Å². The van der Waals surface area contributed by atoms with Gasteiger partial charge < -0.3 is 5.32 Å². The van der Waals surface area contributed by atoms with Crippen molar-refractivity contribution < 1.29 is 4.39 Å². The second-order valence-electron chi connectivity index (χ2n) is 5.29. The number of rotatable bonds is 4. The van der Waals surface area contributed by atoms with Crippen molar-refractivity contribution in [2.45, 2.75) is 37.6 Å². The van der Waals surface area contributed by atoms with E-state index in [1.807, 2.05) is 0 Å². The van der Waals surface area contributed by atoms with Crippen molar-refractivity contribution in [3.05, 3.63) is 34.6 Å². The van der Waals surface area contributed by atoms with Crippen molar-refractivity contribution in [1.82, 2.24) is 5.32 Å². The first-order valence-corrected chi connectivity index (χ1v) is 6.80. The van der Waals surface area contributed by atoms with Crippen LogP contribution in [0.1, 0.15) is 37.2 Å². The highest BCUT2D eigenvalue weighted by molar-refractivity contribution is 6.31. The molecule has 2 fully saturated rings. The summed E-state index contributed by atoms with van der Waals surface area (Å²) < 4.78 is 13.2. The molecule has 2 aliphatic rings. The molecule has 0 bridgehead atoms. The van der Waals surface area contributed by atoms with E-state index in [0.29, 0.717) is 16.9 Å². The summed E-state index contributed by atoms with van der Waals surface area (Å²) >= 11 is 6.16. The maximum absolute atomic E-state index is 13.2. The molecule has 1 N–H and O–H groups in total. The summed E-state index contributed by atoms with van der Waals surface area (Å²) in [6, 6.07) is 5.47. The fourth-order valence-electron chi connectivity index (χ4n) is 2.63. The molecule has 0 aromatic heterocycles. The quantitative estimate of drug-likeness (QED) is 0.862. The van der Waals surface area contributed by atoms with Crippen molar-refractivity contribution in [1.29, 1.82) is 0 Å². The van der Waals surface area contributed by atoms with Gasteiger partial charge in [-0.1, -0.05) is 11.6 Å². The van der Waals surface area contributed by atoms with E-state index in [1.54, 1.807) is 12.1 Å². The Morgan fingerprint density at radius 2 is 2.06 bits per heavy atom. The van der Waals surface area contributed by atoms with Crippen LogP contribution in [0.3, 0.4) is 0 Å². The van der Waals surface area contributed by atoms with Crippen LogP contribution in [0.4, 0.5) is 4.39 Å². The average molecular weight is 254 g/mol. The SMILES string of the molecule is Fc1ccc(Cl)c(C2CCC2CNC2CC2)c1. The van der Waals surface area contributed by atoms with E-state index in [0.717, 1.165) is 24.6 Å². The molecule has 2 atom stereocenters. The number of nitrogens with one attached hydrogen (secondary N) is 1. The monoisotopic (exact) mass is 253 g/mol. The second-order valence-corrected chi connectivity index (χ2v) is 5.70. The van der Waals surface area contributed by atoms with Crippen LogP contribution in [0.25, 0.3) is 0 Å². The maximum Gasteiger partial charge on any atom is 0.123 e. The summed E-state index contributed by atoms with van der Waals surface area (Å²) in [6.45, 7) is 1.06. The Kier molecular flexibility index (Phi) is 3.10.